The quantitative estimate of drug-likeness (QED) is 0.880. The van der Waals surface area contributed by atoms with Crippen LogP contribution in [0.4, 0.5) is 5.69 Å². The molecule has 0 saturated heterocycles. The van der Waals surface area contributed by atoms with E-state index >= 15 is 0 Å². The topological polar surface area (TPSA) is 57.6 Å². The van der Waals surface area contributed by atoms with Crippen molar-refractivity contribution in [1.82, 2.24) is 0 Å². The van der Waals surface area contributed by atoms with E-state index in [9.17, 15) is 9.59 Å². The molecule has 0 fully saturated rings. The smallest absolute Gasteiger partial charge is 0.266 e. The molecule has 0 spiro atoms. The molecule has 3 rings (SSSR count). The number of hydrogen-bond donors (Lipinski definition) is 1. The summed E-state index contributed by atoms with van der Waals surface area (Å²) in [6.07, 6.45) is 0. The number of amides is 2. The van der Waals surface area contributed by atoms with Crippen LogP contribution in [0, 0.1) is 0 Å². The first-order chi connectivity index (χ1) is 10.1. The van der Waals surface area contributed by atoms with Gasteiger partial charge >= 0.3 is 0 Å². The Hall–Kier alpha value is -2.46. The predicted octanol–water partition coefficient (Wildman–Crippen LogP) is 2.58. The number of hydrogen-bond acceptors (Lipinski definition) is 3. The van der Waals surface area contributed by atoms with E-state index < -0.39 is 0 Å². The molecule has 1 N–H and O–H groups in total. The zero-order valence-electron chi connectivity index (χ0n) is 11.6. The molecule has 0 aromatic heterocycles. The second-order valence-electron chi connectivity index (χ2n) is 5.17. The van der Waals surface area contributed by atoms with Crippen molar-refractivity contribution in [2.24, 2.45) is 0 Å². The third-order valence-electron chi connectivity index (χ3n) is 3.79. The lowest BCUT2D eigenvalue weighted by Gasteiger charge is -2.15. The van der Waals surface area contributed by atoms with Gasteiger partial charge in [0.2, 0.25) is 0 Å². The average molecular weight is 281 g/mol. The van der Waals surface area contributed by atoms with Crippen LogP contribution >= 0.6 is 0 Å². The Balaban J connectivity index is 1.96. The molecular formula is C17H15NO3. The van der Waals surface area contributed by atoms with E-state index in [2.05, 4.69) is 0 Å². The highest BCUT2D eigenvalue weighted by molar-refractivity contribution is 6.34. The predicted molar refractivity (Wildman–Crippen MR) is 79.5 cm³/mol. The summed E-state index contributed by atoms with van der Waals surface area (Å²) in [5.74, 6) is -0.557. The molecule has 0 saturated carbocycles. The van der Waals surface area contributed by atoms with Crippen molar-refractivity contribution in [3.05, 3.63) is 65.2 Å². The first kappa shape index (κ1) is 13.5. The molecule has 21 heavy (non-hydrogen) atoms. The minimum absolute atomic E-state index is 0.0289. The van der Waals surface area contributed by atoms with E-state index in [1.165, 1.54) is 4.90 Å². The number of aliphatic hydroxyl groups excluding tert-OH is 1. The molecule has 1 aliphatic rings. The van der Waals surface area contributed by atoms with Gasteiger partial charge in [-0.05, 0) is 29.8 Å². The van der Waals surface area contributed by atoms with Gasteiger partial charge in [-0.2, -0.15) is 0 Å². The summed E-state index contributed by atoms with van der Waals surface area (Å²) in [4.78, 5) is 25.9. The van der Waals surface area contributed by atoms with Gasteiger partial charge in [-0.25, -0.2) is 4.90 Å². The number of nitrogens with zero attached hydrogens (tertiary/aromatic N) is 1. The van der Waals surface area contributed by atoms with Crippen molar-refractivity contribution in [2.45, 2.75) is 12.8 Å². The third kappa shape index (κ3) is 2.14. The number of carbonyl (C=O) groups is 2. The lowest BCUT2D eigenvalue weighted by molar-refractivity contribution is 0.0926. The van der Waals surface area contributed by atoms with E-state index in [4.69, 9.17) is 5.11 Å². The molecule has 0 radical (unpaired) electrons. The maximum Gasteiger partial charge on any atom is 0.266 e. The van der Waals surface area contributed by atoms with Gasteiger partial charge in [-0.15, -0.1) is 0 Å². The van der Waals surface area contributed by atoms with Gasteiger partial charge in [0.15, 0.2) is 0 Å². The molecule has 1 aliphatic heterocycles. The highest BCUT2D eigenvalue weighted by Gasteiger charge is 2.36. The van der Waals surface area contributed by atoms with Gasteiger partial charge in [0.1, 0.15) is 0 Å². The van der Waals surface area contributed by atoms with Crippen molar-refractivity contribution in [2.75, 3.05) is 11.5 Å². The van der Waals surface area contributed by atoms with Crippen LogP contribution in [0.5, 0.6) is 0 Å². The fourth-order valence-corrected chi connectivity index (χ4v) is 2.48. The normalized spacial score (nSPS) is 15.2. The van der Waals surface area contributed by atoms with Crippen LogP contribution in [0.25, 0.3) is 0 Å². The Morgan fingerprint density at radius 1 is 0.952 bits per heavy atom. The monoisotopic (exact) mass is 281 g/mol. The van der Waals surface area contributed by atoms with Gasteiger partial charge in [-0.3, -0.25) is 9.59 Å². The number of carbonyl (C=O) groups excluding carboxylic acids is 2. The summed E-state index contributed by atoms with van der Waals surface area (Å²) in [7, 11) is 0. The Labute approximate surface area is 122 Å². The van der Waals surface area contributed by atoms with E-state index in [1.54, 1.807) is 36.4 Å². The van der Waals surface area contributed by atoms with Gasteiger partial charge < -0.3 is 5.11 Å². The fraction of sp³-hybridized carbons (Fsp3) is 0.176. The lowest BCUT2D eigenvalue weighted by Crippen LogP contribution is -2.29. The SMILES string of the molecule is CC(CO)c1ccc(N2C(=O)c3ccccc3C2=O)cc1. The molecule has 2 amide bonds. The van der Waals surface area contributed by atoms with Crippen LogP contribution in [0.2, 0.25) is 0 Å². The highest BCUT2D eigenvalue weighted by atomic mass is 16.3. The molecule has 4 heteroatoms. The number of aliphatic hydroxyl groups is 1. The first-order valence-electron chi connectivity index (χ1n) is 6.82. The first-order valence-corrected chi connectivity index (χ1v) is 6.82. The minimum atomic E-state index is -0.293. The van der Waals surface area contributed by atoms with Crippen molar-refractivity contribution >= 4 is 17.5 Å². The maximum atomic E-state index is 12.3. The number of imide groups is 1. The summed E-state index contributed by atoms with van der Waals surface area (Å²) in [5, 5.41) is 9.15. The number of anilines is 1. The molecule has 106 valence electrons. The van der Waals surface area contributed by atoms with E-state index in [0.29, 0.717) is 16.8 Å². The van der Waals surface area contributed by atoms with Gasteiger partial charge in [0.05, 0.1) is 16.8 Å². The van der Waals surface area contributed by atoms with E-state index in [0.717, 1.165) is 5.56 Å². The van der Waals surface area contributed by atoms with Crippen molar-refractivity contribution in [1.29, 1.82) is 0 Å². The van der Waals surface area contributed by atoms with Crippen molar-refractivity contribution < 1.29 is 14.7 Å². The van der Waals surface area contributed by atoms with Crippen LogP contribution in [-0.4, -0.2) is 23.5 Å². The summed E-state index contributed by atoms with van der Waals surface area (Å²) in [5.41, 5.74) is 2.40. The largest absolute Gasteiger partial charge is 0.396 e. The molecular weight excluding hydrogens is 266 g/mol. The minimum Gasteiger partial charge on any atom is -0.396 e. The average Bonchev–Trinajstić information content (AvgIpc) is 2.79. The number of fused-ring (bicyclic) bond motifs is 1. The van der Waals surface area contributed by atoms with Crippen LogP contribution in [-0.2, 0) is 0 Å². The van der Waals surface area contributed by atoms with Crippen LogP contribution in [0.3, 0.4) is 0 Å². The molecule has 1 unspecified atom stereocenters. The zero-order valence-corrected chi connectivity index (χ0v) is 11.6. The summed E-state index contributed by atoms with van der Waals surface area (Å²) >= 11 is 0. The Morgan fingerprint density at radius 3 is 1.95 bits per heavy atom. The molecule has 4 nitrogen and oxygen atoms in total. The highest BCUT2D eigenvalue weighted by Crippen LogP contribution is 2.29. The fourth-order valence-electron chi connectivity index (χ4n) is 2.48. The summed E-state index contributed by atoms with van der Waals surface area (Å²) in [6.45, 7) is 1.98. The van der Waals surface area contributed by atoms with Crippen LogP contribution in [0.1, 0.15) is 39.1 Å². The van der Waals surface area contributed by atoms with Gasteiger partial charge in [0, 0.05) is 12.5 Å². The van der Waals surface area contributed by atoms with E-state index in [1.807, 2.05) is 19.1 Å². The lowest BCUT2D eigenvalue weighted by atomic mass is 10.0. The van der Waals surface area contributed by atoms with Crippen LogP contribution < -0.4 is 4.90 Å². The number of benzene rings is 2. The molecule has 1 heterocycles. The molecule has 1 atom stereocenters. The standard InChI is InChI=1S/C17H15NO3/c1-11(10-19)12-6-8-13(9-7-12)18-16(20)14-4-2-3-5-15(14)17(18)21/h2-9,11,19H,10H2,1H3. The Kier molecular flexibility index (Phi) is 3.31. The second-order valence-corrected chi connectivity index (χ2v) is 5.17. The van der Waals surface area contributed by atoms with Crippen molar-refractivity contribution in [3.63, 3.8) is 0 Å². The second kappa shape index (κ2) is 5.14. The van der Waals surface area contributed by atoms with E-state index in [-0.39, 0.29) is 24.3 Å². The Morgan fingerprint density at radius 2 is 1.48 bits per heavy atom. The zero-order chi connectivity index (χ0) is 15.0. The molecule has 0 aliphatic carbocycles. The van der Waals surface area contributed by atoms with Crippen LogP contribution in [0.15, 0.2) is 48.5 Å². The molecule has 2 aromatic carbocycles. The molecule has 2 aromatic rings. The van der Waals surface area contributed by atoms with Crippen molar-refractivity contribution in [3.8, 4) is 0 Å². The maximum absolute atomic E-state index is 12.3. The van der Waals surface area contributed by atoms with Gasteiger partial charge in [-0.1, -0.05) is 31.2 Å². The Bertz CT molecular complexity index is 671. The number of rotatable bonds is 3. The molecule has 0 bridgehead atoms. The third-order valence-corrected chi connectivity index (χ3v) is 3.79. The summed E-state index contributed by atoms with van der Waals surface area (Å²) < 4.78 is 0. The van der Waals surface area contributed by atoms with Gasteiger partial charge in [0.25, 0.3) is 11.8 Å². The summed E-state index contributed by atoms with van der Waals surface area (Å²) in [6, 6.07) is 14.0.